The quantitative estimate of drug-likeness (QED) is 0.880. The zero-order valence-corrected chi connectivity index (χ0v) is 12.4. The normalized spacial score (nSPS) is 21.4. The van der Waals surface area contributed by atoms with Crippen molar-refractivity contribution in [2.75, 3.05) is 12.4 Å². The van der Waals surface area contributed by atoms with Crippen LogP contribution in [0, 0.1) is 5.92 Å². The molecule has 0 spiro atoms. The minimum Gasteiger partial charge on any atom is -0.343 e. The molecule has 20 heavy (non-hydrogen) atoms. The van der Waals surface area contributed by atoms with Crippen LogP contribution in [0.2, 0.25) is 0 Å². The number of rotatable bonds is 4. The van der Waals surface area contributed by atoms with Crippen LogP contribution in [0.1, 0.15) is 45.2 Å². The predicted molar refractivity (Wildman–Crippen MR) is 76.3 cm³/mol. The Hall–Kier alpha value is -1.85. The third kappa shape index (κ3) is 3.00. The highest BCUT2D eigenvalue weighted by Gasteiger charge is 2.35. The molecule has 2 N–H and O–H groups in total. The number of carbonyl (C=O) groups is 2. The summed E-state index contributed by atoms with van der Waals surface area (Å²) in [5, 5.41) is 9.89. The third-order valence-electron chi connectivity index (χ3n) is 3.96. The van der Waals surface area contributed by atoms with Crippen molar-refractivity contribution in [2.24, 2.45) is 5.92 Å². The summed E-state index contributed by atoms with van der Waals surface area (Å²) in [7, 11) is 1.84. The van der Waals surface area contributed by atoms with E-state index in [0.29, 0.717) is 17.8 Å². The first-order valence-corrected chi connectivity index (χ1v) is 6.98. The monoisotopic (exact) mass is 278 g/mol. The molecular weight excluding hydrogens is 256 g/mol. The van der Waals surface area contributed by atoms with Gasteiger partial charge in [0.2, 0.25) is 11.8 Å². The van der Waals surface area contributed by atoms with Crippen LogP contribution < -0.4 is 5.32 Å². The second-order valence-corrected chi connectivity index (χ2v) is 5.80. The predicted octanol–water partition coefficient (Wildman–Crippen LogP) is 1.73. The maximum absolute atomic E-state index is 11.6. The highest BCUT2D eigenvalue weighted by molar-refractivity contribution is 5.91. The van der Waals surface area contributed by atoms with Gasteiger partial charge in [-0.3, -0.25) is 14.7 Å². The molecular formula is C14H22N4O2. The number of amides is 2. The van der Waals surface area contributed by atoms with E-state index in [-0.39, 0.29) is 17.7 Å². The number of carbonyl (C=O) groups excluding carboxylic acids is 2. The topological polar surface area (TPSA) is 78.1 Å². The summed E-state index contributed by atoms with van der Waals surface area (Å²) in [6.45, 7) is 5.28. The van der Waals surface area contributed by atoms with Crippen LogP contribution in [0.15, 0.2) is 6.07 Å². The van der Waals surface area contributed by atoms with E-state index < -0.39 is 0 Å². The number of H-pyrrole nitrogens is 1. The van der Waals surface area contributed by atoms with Gasteiger partial charge >= 0.3 is 0 Å². The number of hydrogen-bond donors (Lipinski definition) is 2. The molecule has 0 atom stereocenters. The maximum Gasteiger partial charge on any atom is 0.228 e. The van der Waals surface area contributed by atoms with Crippen LogP contribution in [0.4, 0.5) is 5.82 Å². The lowest BCUT2D eigenvalue weighted by molar-refractivity contribution is -0.131. The highest BCUT2D eigenvalue weighted by Crippen LogP contribution is 2.39. The van der Waals surface area contributed by atoms with Crippen molar-refractivity contribution in [2.45, 2.75) is 45.6 Å². The van der Waals surface area contributed by atoms with E-state index >= 15 is 0 Å². The Kier molecular flexibility index (Phi) is 4.11. The van der Waals surface area contributed by atoms with Gasteiger partial charge in [0.1, 0.15) is 5.82 Å². The van der Waals surface area contributed by atoms with Crippen molar-refractivity contribution in [3.63, 3.8) is 0 Å². The van der Waals surface area contributed by atoms with Crippen LogP contribution in [-0.2, 0) is 9.59 Å². The molecule has 0 bridgehead atoms. The first-order chi connectivity index (χ1) is 9.38. The van der Waals surface area contributed by atoms with Gasteiger partial charge in [-0.05, 0) is 12.8 Å². The number of nitrogens with one attached hydrogen (secondary N) is 2. The SMILES string of the molecule is CC(=O)N(C)[C@H]1C[C@@H](c2cc(NC(=O)C(C)C)[nH]n2)C1. The third-order valence-corrected chi connectivity index (χ3v) is 3.96. The minimum atomic E-state index is -0.0564. The second kappa shape index (κ2) is 5.64. The van der Waals surface area contributed by atoms with Crippen molar-refractivity contribution < 1.29 is 9.59 Å². The van der Waals surface area contributed by atoms with E-state index in [4.69, 9.17) is 0 Å². The molecule has 1 heterocycles. The lowest BCUT2D eigenvalue weighted by atomic mass is 9.77. The molecule has 2 amide bonds. The summed E-state index contributed by atoms with van der Waals surface area (Å²) < 4.78 is 0. The molecule has 0 aliphatic heterocycles. The minimum absolute atomic E-state index is 0.0250. The summed E-state index contributed by atoms with van der Waals surface area (Å²) in [6, 6.07) is 2.19. The van der Waals surface area contributed by atoms with Crippen LogP contribution in [0.25, 0.3) is 0 Å². The molecule has 6 nitrogen and oxygen atoms in total. The molecule has 0 saturated heterocycles. The van der Waals surface area contributed by atoms with Gasteiger partial charge < -0.3 is 10.2 Å². The molecule has 2 rings (SSSR count). The maximum atomic E-state index is 11.6. The Morgan fingerprint density at radius 2 is 2.10 bits per heavy atom. The van der Waals surface area contributed by atoms with Crippen molar-refractivity contribution in [1.82, 2.24) is 15.1 Å². The van der Waals surface area contributed by atoms with Gasteiger partial charge in [-0.15, -0.1) is 0 Å². The van der Waals surface area contributed by atoms with Gasteiger partial charge in [0.15, 0.2) is 0 Å². The number of nitrogens with zero attached hydrogens (tertiary/aromatic N) is 2. The van der Waals surface area contributed by atoms with E-state index in [9.17, 15) is 9.59 Å². The molecule has 0 aromatic carbocycles. The first kappa shape index (κ1) is 14.6. The number of hydrogen-bond acceptors (Lipinski definition) is 3. The van der Waals surface area contributed by atoms with Crippen LogP contribution >= 0.6 is 0 Å². The van der Waals surface area contributed by atoms with Gasteiger partial charge in [0, 0.05) is 37.9 Å². The van der Waals surface area contributed by atoms with Crippen molar-refractivity contribution in [3.05, 3.63) is 11.8 Å². The fraction of sp³-hybridized carbons (Fsp3) is 0.643. The molecule has 0 radical (unpaired) electrons. The van der Waals surface area contributed by atoms with E-state index in [0.717, 1.165) is 18.5 Å². The summed E-state index contributed by atoms with van der Waals surface area (Å²) in [4.78, 5) is 24.6. The van der Waals surface area contributed by atoms with Gasteiger partial charge in [0.25, 0.3) is 0 Å². The Morgan fingerprint density at radius 1 is 1.45 bits per heavy atom. The molecule has 6 heteroatoms. The highest BCUT2D eigenvalue weighted by atomic mass is 16.2. The zero-order chi connectivity index (χ0) is 14.9. The molecule has 1 aliphatic carbocycles. The first-order valence-electron chi connectivity index (χ1n) is 6.98. The van der Waals surface area contributed by atoms with Crippen molar-refractivity contribution in [1.29, 1.82) is 0 Å². The molecule has 0 unspecified atom stereocenters. The van der Waals surface area contributed by atoms with Gasteiger partial charge in [0.05, 0.1) is 5.69 Å². The van der Waals surface area contributed by atoms with Gasteiger partial charge in [-0.25, -0.2) is 0 Å². The molecule has 1 aromatic rings. The molecule has 110 valence electrons. The molecule has 1 saturated carbocycles. The van der Waals surface area contributed by atoms with Crippen LogP contribution in [0.5, 0.6) is 0 Å². The van der Waals surface area contributed by atoms with E-state index in [1.165, 1.54) is 0 Å². The molecule has 1 fully saturated rings. The fourth-order valence-corrected chi connectivity index (χ4v) is 2.29. The van der Waals surface area contributed by atoms with Crippen molar-refractivity contribution in [3.8, 4) is 0 Å². The number of anilines is 1. The van der Waals surface area contributed by atoms with Crippen molar-refractivity contribution >= 4 is 17.6 Å². The summed E-state index contributed by atoms with van der Waals surface area (Å²) in [5.74, 6) is 1.02. The Morgan fingerprint density at radius 3 is 2.65 bits per heavy atom. The molecule has 1 aromatic heterocycles. The average molecular weight is 278 g/mol. The smallest absolute Gasteiger partial charge is 0.228 e. The van der Waals surface area contributed by atoms with Crippen LogP contribution in [-0.4, -0.2) is 40.0 Å². The van der Waals surface area contributed by atoms with E-state index in [2.05, 4.69) is 15.5 Å². The van der Waals surface area contributed by atoms with E-state index in [1.54, 1.807) is 11.8 Å². The number of aromatic nitrogens is 2. The lowest BCUT2D eigenvalue weighted by Gasteiger charge is -2.40. The Balaban J connectivity index is 1.89. The Bertz CT molecular complexity index is 503. The summed E-state index contributed by atoms with van der Waals surface area (Å²) in [5.41, 5.74) is 0.956. The van der Waals surface area contributed by atoms with E-state index in [1.807, 2.05) is 27.0 Å². The summed E-state index contributed by atoms with van der Waals surface area (Å²) >= 11 is 0. The van der Waals surface area contributed by atoms with Gasteiger partial charge in [-0.1, -0.05) is 13.8 Å². The van der Waals surface area contributed by atoms with Crippen LogP contribution in [0.3, 0.4) is 0 Å². The second-order valence-electron chi connectivity index (χ2n) is 5.80. The standard InChI is InChI=1S/C14H22N4O2/c1-8(2)14(20)15-13-7-12(16-17-13)10-5-11(6-10)18(4)9(3)19/h7-8,10-11H,5-6H2,1-4H3,(H2,15,16,17,20)/t10-,11+. The average Bonchev–Trinajstić information content (AvgIpc) is 2.74. The number of aromatic amines is 1. The Labute approximate surface area is 118 Å². The lowest BCUT2D eigenvalue weighted by Crippen LogP contribution is -2.43. The fourth-order valence-electron chi connectivity index (χ4n) is 2.29. The molecule has 1 aliphatic rings. The van der Waals surface area contributed by atoms with Gasteiger partial charge in [-0.2, -0.15) is 5.10 Å². The largest absolute Gasteiger partial charge is 0.343 e. The summed E-state index contributed by atoms with van der Waals surface area (Å²) in [6.07, 6.45) is 1.86. The zero-order valence-electron chi connectivity index (χ0n) is 12.4.